The Morgan fingerprint density at radius 2 is 2.25 bits per heavy atom. The van der Waals surface area contributed by atoms with E-state index in [1.54, 1.807) is 18.2 Å². The van der Waals surface area contributed by atoms with Gasteiger partial charge in [0, 0.05) is 10.5 Å². The zero-order valence-corrected chi connectivity index (χ0v) is 10.4. The molecule has 6 heteroatoms. The summed E-state index contributed by atoms with van der Waals surface area (Å²) in [5, 5.41) is 0.487. The van der Waals surface area contributed by atoms with Crippen LogP contribution in [0.2, 0.25) is 0 Å². The second-order valence-corrected chi connectivity index (χ2v) is 4.71. The second kappa shape index (κ2) is 4.63. The molecule has 1 aromatic carbocycles. The largest absolute Gasteiger partial charge is 0.422 e. The van der Waals surface area contributed by atoms with Crippen LogP contribution in [0.15, 0.2) is 34.8 Å². The highest BCUT2D eigenvalue weighted by Gasteiger charge is 2.12. The highest BCUT2D eigenvalue weighted by molar-refractivity contribution is 9.10. The number of nitrogens with zero attached hydrogens (tertiary/aromatic N) is 1. The predicted molar refractivity (Wildman–Crippen MR) is 65.6 cm³/mol. The quantitative estimate of drug-likeness (QED) is 0.684. The number of rotatable bonds is 2. The van der Waals surface area contributed by atoms with E-state index < -0.39 is 5.97 Å². The lowest BCUT2D eigenvalue weighted by Gasteiger charge is -2.01. The van der Waals surface area contributed by atoms with E-state index in [4.69, 9.17) is 10.5 Å². The summed E-state index contributed by atoms with van der Waals surface area (Å²) < 4.78 is 9.82. The smallest absolute Gasteiger partial charge is 0.363 e. The van der Waals surface area contributed by atoms with Crippen molar-refractivity contribution in [1.82, 2.24) is 4.37 Å². The SMILES string of the molecule is Nc1cc(C(=O)Oc2cccc(Br)c2)ns1. The second-order valence-electron chi connectivity index (χ2n) is 2.96. The number of nitrogens with two attached hydrogens (primary N) is 1. The van der Waals surface area contributed by atoms with Crippen LogP contribution in [-0.4, -0.2) is 10.3 Å². The maximum absolute atomic E-state index is 11.6. The zero-order chi connectivity index (χ0) is 11.5. The number of esters is 1. The van der Waals surface area contributed by atoms with Crippen LogP contribution in [0.3, 0.4) is 0 Å². The summed E-state index contributed by atoms with van der Waals surface area (Å²) in [4.78, 5) is 11.6. The van der Waals surface area contributed by atoms with Gasteiger partial charge >= 0.3 is 5.97 Å². The fraction of sp³-hybridized carbons (Fsp3) is 0. The van der Waals surface area contributed by atoms with Crippen LogP contribution in [-0.2, 0) is 0 Å². The molecule has 0 bridgehead atoms. The Labute approximate surface area is 104 Å². The Morgan fingerprint density at radius 3 is 2.88 bits per heavy atom. The summed E-state index contributed by atoms with van der Waals surface area (Å²) in [6.45, 7) is 0. The summed E-state index contributed by atoms with van der Waals surface area (Å²) in [6, 6.07) is 8.51. The van der Waals surface area contributed by atoms with Crippen molar-refractivity contribution in [3.63, 3.8) is 0 Å². The number of anilines is 1. The molecule has 0 unspecified atom stereocenters. The topological polar surface area (TPSA) is 65.2 Å². The molecule has 0 amide bonds. The minimum Gasteiger partial charge on any atom is -0.422 e. The van der Waals surface area contributed by atoms with Gasteiger partial charge in [-0.25, -0.2) is 4.79 Å². The van der Waals surface area contributed by atoms with Gasteiger partial charge in [0.15, 0.2) is 5.69 Å². The summed E-state index contributed by atoms with van der Waals surface area (Å²) in [5.74, 6) is -0.0444. The number of hydrogen-bond acceptors (Lipinski definition) is 5. The van der Waals surface area contributed by atoms with E-state index in [0.717, 1.165) is 16.0 Å². The number of hydrogen-bond donors (Lipinski definition) is 1. The number of aromatic nitrogens is 1. The Hall–Kier alpha value is -1.40. The van der Waals surface area contributed by atoms with E-state index in [2.05, 4.69) is 20.3 Å². The maximum Gasteiger partial charge on any atom is 0.363 e. The molecule has 0 aliphatic rings. The van der Waals surface area contributed by atoms with Crippen molar-refractivity contribution in [3.05, 3.63) is 40.5 Å². The van der Waals surface area contributed by atoms with Gasteiger partial charge in [-0.05, 0) is 29.7 Å². The predicted octanol–water partition coefficient (Wildman–Crippen LogP) is 2.71. The van der Waals surface area contributed by atoms with Crippen LogP contribution in [0.5, 0.6) is 5.75 Å². The lowest BCUT2D eigenvalue weighted by molar-refractivity contribution is 0.0730. The first-order valence-electron chi connectivity index (χ1n) is 4.35. The fourth-order valence-electron chi connectivity index (χ4n) is 1.08. The van der Waals surface area contributed by atoms with Gasteiger partial charge in [-0.3, -0.25) is 0 Å². The van der Waals surface area contributed by atoms with Gasteiger partial charge in [0.1, 0.15) is 10.8 Å². The molecule has 2 aromatic rings. The minimum atomic E-state index is -0.508. The van der Waals surface area contributed by atoms with E-state index in [1.807, 2.05) is 6.07 Å². The number of halogens is 1. The molecule has 0 saturated carbocycles. The molecular formula is C10H7BrN2O2S. The molecule has 16 heavy (non-hydrogen) atoms. The van der Waals surface area contributed by atoms with Crippen LogP contribution in [0.1, 0.15) is 10.5 Å². The molecule has 82 valence electrons. The average Bonchev–Trinajstić information content (AvgIpc) is 2.65. The molecule has 0 saturated heterocycles. The lowest BCUT2D eigenvalue weighted by atomic mass is 10.3. The van der Waals surface area contributed by atoms with Crippen LogP contribution in [0, 0.1) is 0 Å². The molecule has 2 N–H and O–H groups in total. The zero-order valence-electron chi connectivity index (χ0n) is 8.01. The number of carbonyl (C=O) groups excluding carboxylic acids is 1. The summed E-state index contributed by atoms with van der Waals surface area (Å²) >= 11 is 4.35. The molecule has 0 aliphatic carbocycles. The van der Waals surface area contributed by atoms with Crippen molar-refractivity contribution in [3.8, 4) is 5.75 Å². The van der Waals surface area contributed by atoms with Crippen LogP contribution in [0.25, 0.3) is 0 Å². The fourth-order valence-corrected chi connectivity index (χ4v) is 1.95. The summed E-state index contributed by atoms with van der Waals surface area (Å²) in [6.07, 6.45) is 0. The molecule has 0 aliphatic heterocycles. The number of benzene rings is 1. The van der Waals surface area contributed by atoms with Crippen LogP contribution < -0.4 is 10.5 Å². The Kier molecular flexibility index (Phi) is 3.21. The van der Waals surface area contributed by atoms with Gasteiger partial charge in [-0.1, -0.05) is 22.0 Å². The standard InChI is InChI=1S/C10H7BrN2O2S/c11-6-2-1-3-7(4-6)15-10(14)8-5-9(12)16-13-8/h1-5H,12H2. The molecule has 1 heterocycles. The first-order valence-corrected chi connectivity index (χ1v) is 5.92. The minimum absolute atomic E-state index is 0.225. The third kappa shape index (κ3) is 2.59. The first kappa shape index (κ1) is 11.1. The molecular weight excluding hydrogens is 292 g/mol. The molecule has 4 nitrogen and oxygen atoms in total. The lowest BCUT2D eigenvalue weighted by Crippen LogP contribution is -2.08. The molecule has 0 spiro atoms. The van der Waals surface area contributed by atoms with E-state index in [0.29, 0.717) is 10.8 Å². The molecule has 0 fully saturated rings. The molecule has 0 atom stereocenters. The third-order valence-corrected chi connectivity index (χ3v) is 2.85. The van der Waals surface area contributed by atoms with E-state index in [-0.39, 0.29) is 5.69 Å². The van der Waals surface area contributed by atoms with Crippen molar-refractivity contribution in [1.29, 1.82) is 0 Å². The van der Waals surface area contributed by atoms with Crippen LogP contribution in [0.4, 0.5) is 5.00 Å². The van der Waals surface area contributed by atoms with Gasteiger partial charge in [0.25, 0.3) is 0 Å². The maximum atomic E-state index is 11.6. The van der Waals surface area contributed by atoms with Gasteiger partial charge in [-0.15, -0.1) is 0 Å². The monoisotopic (exact) mass is 298 g/mol. The van der Waals surface area contributed by atoms with Crippen molar-refractivity contribution in [2.24, 2.45) is 0 Å². The highest BCUT2D eigenvalue weighted by atomic mass is 79.9. The highest BCUT2D eigenvalue weighted by Crippen LogP contribution is 2.19. The van der Waals surface area contributed by atoms with Crippen molar-refractivity contribution in [2.75, 3.05) is 5.73 Å². The summed E-state index contributed by atoms with van der Waals surface area (Å²) in [7, 11) is 0. The Balaban J connectivity index is 2.13. The van der Waals surface area contributed by atoms with Gasteiger partial charge in [0.05, 0.1) is 0 Å². The van der Waals surface area contributed by atoms with Gasteiger partial charge < -0.3 is 10.5 Å². The molecule has 1 aromatic heterocycles. The van der Waals surface area contributed by atoms with Gasteiger partial charge in [0.2, 0.25) is 0 Å². The molecule has 2 rings (SSSR count). The third-order valence-electron chi connectivity index (χ3n) is 1.74. The number of nitrogen functional groups attached to an aromatic ring is 1. The van der Waals surface area contributed by atoms with Crippen molar-refractivity contribution < 1.29 is 9.53 Å². The normalized spacial score (nSPS) is 10.1. The Morgan fingerprint density at radius 1 is 1.44 bits per heavy atom. The van der Waals surface area contributed by atoms with Crippen LogP contribution >= 0.6 is 27.5 Å². The number of carbonyl (C=O) groups is 1. The Bertz CT molecular complexity index is 527. The van der Waals surface area contributed by atoms with E-state index >= 15 is 0 Å². The number of ether oxygens (including phenoxy) is 1. The average molecular weight is 299 g/mol. The van der Waals surface area contributed by atoms with E-state index in [9.17, 15) is 4.79 Å². The summed E-state index contributed by atoms with van der Waals surface area (Å²) in [5.41, 5.74) is 5.70. The van der Waals surface area contributed by atoms with Gasteiger partial charge in [-0.2, -0.15) is 4.37 Å². The first-order chi connectivity index (χ1) is 7.65. The van der Waals surface area contributed by atoms with E-state index in [1.165, 1.54) is 6.07 Å². The van der Waals surface area contributed by atoms with Crippen molar-refractivity contribution >= 4 is 38.4 Å². The van der Waals surface area contributed by atoms with Crippen molar-refractivity contribution in [2.45, 2.75) is 0 Å². The molecule has 0 radical (unpaired) electrons.